The van der Waals surface area contributed by atoms with Crippen molar-refractivity contribution < 1.29 is 0 Å². The molecule has 0 aromatic heterocycles. The Hall–Kier alpha value is 0.01000. The minimum absolute atomic E-state index is 0.294. The molecule has 1 aliphatic carbocycles. The Labute approximate surface area is 97.1 Å². The van der Waals surface area contributed by atoms with Crippen LogP contribution in [0, 0.1) is 5.92 Å². The van der Waals surface area contributed by atoms with E-state index in [4.69, 9.17) is 5.73 Å². The summed E-state index contributed by atoms with van der Waals surface area (Å²) in [6, 6.07) is 0.294. The van der Waals surface area contributed by atoms with E-state index in [2.05, 4.69) is 22.5 Å². The van der Waals surface area contributed by atoms with Gasteiger partial charge in [0, 0.05) is 17.8 Å². The predicted octanol–water partition coefficient (Wildman–Crippen LogP) is 2.11. The van der Waals surface area contributed by atoms with Gasteiger partial charge in [-0.2, -0.15) is 0 Å². The van der Waals surface area contributed by atoms with Crippen molar-refractivity contribution in [1.82, 2.24) is 5.32 Å². The number of thioether (sulfide) groups is 1. The Morgan fingerprint density at radius 1 is 1.53 bits per heavy atom. The Bertz CT molecular complexity index is 240. The van der Waals surface area contributed by atoms with Crippen LogP contribution >= 0.6 is 11.8 Å². The topological polar surface area (TPSA) is 38.0 Å². The smallest absolute Gasteiger partial charge is 0.0203 e. The molecule has 0 bridgehead atoms. The second-order valence-corrected chi connectivity index (χ2v) is 5.89. The molecule has 15 heavy (non-hydrogen) atoms. The molecular formula is C12H22N2S. The number of fused-ring (bicyclic) bond motifs is 1. The fraction of sp³-hybridized carbons (Fsp3) is 0.833. The SMILES string of the molecule is CNCC(N)CC1=CSC2CCCCC12. The van der Waals surface area contributed by atoms with Crippen molar-refractivity contribution >= 4 is 11.8 Å². The third-order valence-electron chi connectivity index (χ3n) is 3.54. The maximum atomic E-state index is 6.07. The van der Waals surface area contributed by atoms with Gasteiger partial charge in [-0.1, -0.05) is 18.4 Å². The Balaban J connectivity index is 1.87. The van der Waals surface area contributed by atoms with Gasteiger partial charge in [0.15, 0.2) is 0 Å². The molecule has 1 heterocycles. The number of nitrogens with two attached hydrogens (primary N) is 1. The first-order valence-corrected chi connectivity index (χ1v) is 7.00. The fourth-order valence-corrected chi connectivity index (χ4v) is 4.21. The van der Waals surface area contributed by atoms with Gasteiger partial charge in [0.1, 0.15) is 0 Å². The summed E-state index contributed by atoms with van der Waals surface area (Å²) in [5.74, 6) is 0.853. The largest absolute Gasteiger partial charge is 0.326 e. The zero-order chi connectivity index (χ0) is 10.7. The van der Waals surface area contributed by atoms with Crippen LogP contribution in [0.25, 0.3) is 0 Å². The first-order valence-electron chi connectivity index (χ1n) is 6.06. The number of hydrogen-bond donors (Lipinski definition) is 2. The van der Waals surface area contributed by atoms with Gasteiger partial charge in [-0.15, -0.1) is 11.8 Å². The molecule has 2 rings (SSSR count). The molecule has 3 heteroatoms. The first kappa shape index (κ1) is 11.5. The molecule has 86 valence electrons. The van der Waals surface area contributed by atoms with Gasteiger partial charge in [-0.25, -0.2) is 0 Å². The molecule has 0 radical (unpaired) electrons. The number of nitrogens with one attached hydrogen (secondary N) is 1. The van der Waals surface area contributed by atoms with Crippen LogP contribution in [-0.2, 0) is 0 Å². The van der Waals surface area contributed by atoms with Crippen LogP contribution in [0.3, 0.4) is 0 Å². The van der Waals surface area contributed by atoms with Gasteiger partial charge in [0.25, 0.3) is 0 Å². The maximum Gasteiger partial charge on any atom is 0.0203 e. The van der Waals surface area contributed by atoms with Gasteiger partial charge in [-0.05, 0) is 37.6 Å². The molecule has 1 aliphatic heterocycles. The minimum atomic E-state index is 0.294. The molecular weight excluding hydrogens is 204 g/mol. The first-order chi connectivity index (χ1) is 7.31. The lowest BCUT2D eigenvalue weighted by molar-refractivity contribution is 0.406. The molecule has 3 N–H and O–H groups in total. The van der Waals surface area contributed by atoms with Crippen molar-refractivity contribution in [2.45, 2.75) is 43.4 Å². The van der Waals surface area contributed by atoms with Crippen molar-refractivity contribution in [3.05, 3.63) is 11.0 Å². The summed E-state index contributed by atoms with van der Waals surface area (Å²) in [6.45, 7) is 0.930. The van der Waals surface area contributed by atoms with Gasteiger partial charge in [-0.3, -0.25) is 0 Å². The summed E-state index contributed by atoms with van der Waals surface area (Å²) in [5, 5.41) is 6.44. The lowest BCUT2D eigenvalue weighted by Crippen LogP contribution is -2.33. The van der Waals surface area contributed by atoms with Crippen molar-refractivity contribution in [2.75, 3.05) is 13.6 Å². The molecule has 3 atom stereocenters. The highest BCUT2D eigenvalue weighted by Gasteiger charge is 2.32. The van der Waals surface area contributed by atoms with Crippen LogP contribution in [0.1, 0.15) is 32.1 Å². The van der Waals surface area contributed by atoms with Crippen LogP contribution in [-0.4, -0.2) is 24.9 Å². The van der Waals surface area contributed by atoms with E-state index in [9.17, 15) is 0 Å². The zero-order valence-corrected chi connectivity index (χ0v) is 10.4. The quantitative estimate of drug-likeness (QED) is 0.771. The average Bonchev–Trinajstić information content (AvgIpc) is 2.62. The van der Waals surface area contributed by atoms with Crippen molar-refractivity contribution in [1.29, 1.82) is 0 Å². The van der Waals surface area contributed by atoms with Gasteiger partial charge >= 0.3 is 0 Å². The van der Waals surface area contributed by atoms with E-state index in [0.29, 0.717) is 6.04 Å². The molecule has 2 nitrogen and oxygen atoms in total. The maximum absolute atomic E-state index is 6.07. The molecule has 1 fully saturated rings. The number of hydrogen-bond acceptors (Lipinski definition) is 3. The van der Waals surface area contributed by atoms with E-state index >= 15 is 0 Å². The van der Waals surface area contributed by atoms with E-state index < -0.39 is 0 Å². The molecule has 0 spiro atoms. The minimum Gasteiger partial charge on any atom is -0.326 e. The lowest BCUT2D eigenvalue weighted by atomic mass is 9.82. The van der Waals surface area contributed by atoms with Crippen LogP contribution in [0.5, 0.6) is 0 Å². The van der Waals surface area contributed by atoms with E-state index in [1.54, 1.807) is 5.57 Å². The van der Waals surface area contributed by atoms with Gasteiger partial charge in [0.2, 0.25) is 0 Å². The molecule has 0 saturated heterocycles. The standard InChI is InChI=1S/C12H22N2S/c1-14-7-10(13)6-9-8-15-12-5-3-2-4-11(9)12/h8,10-12,14H,2-7,13H2,1H3. The second-order valence-electron chi connectivity index (χ2n) is 4.78. The highest BCUT2D eigenvalue weighted by molar-refractivity contribution is 8.03. The van der Waals surface area contributed by atoms with Crippen LogP contribution in [0.2, 0.25) is 0 Å². The summed E-state index contributed by atoms with van der Waals surface area (Å²) >= 11 is 2.06. The predicted molar refractivity (Wildman–Crippen MR) is 67.9 cm³/mol. The van der Waals surface area contributed by atoms with Crippen LogP contribution in [0.15, 0.2) is 11.0 Å². The molecule has 1 saturated carbocycles. The highest BCUT2D eigenvalue weighted by atomic mass is 32.2. The molecule has 2 aliphatic rings. The Kier molecular flexibility index (Phi) is 4.12. The van der Waals surface area contributed by atoms with Gasteiger partial charge in [0.05, 0.1) is 0 Å². The van der Waals surface area contributed by atoms with Crippen LogP contribution < -0.4 is 11.1 Å². The number of likely N-dealkylation sites (N-methyl/N-ethyl adjacent to an activating group) is 1. The summed E-state index contributed by atoms with van der Waals surface area (Å²) < 4.78 is 0. The van der Waals surface area contributed by atoms with Gasteiger partial charge < -0.3 is 11.1 Å². The summed E-state index contributed by atoms with van der Waals surface area (Å²) in [6.07, 6.45) is 6.75. The second kappa shape index (κ2) is 5.37. The van der Waals surface area contributed by atoms with E-state index in [-0.39, 0.29) is 0 Å². The van der Waals surface area contributed by atoms with E-state index in [1.165, 1.54) is 25.7 Å². The van der Waals surface area contributed by atoms with E-state index in [0.717, 1.165) is 24.1 Å². The highest BCUT2D eigenvalue weighted by Crippen LogP contribution is 2.45. The van der Waals surface area contributed by atoms with Crippen molar-refractivity contribution in [3.8, 4) is 0 Å². The monoisotopic (exact) mass is 226 g/mol. The molecule has 0 amide bonds. The third kappa shape index (κ3) is 2.77. The summed E-state index contributed by atoms with van der Waals surface area (Å²) in [7, 11) is 1.97. The Morgan fingerprint density at radius 2 is 2.33 bits per heavy atom. The summed E-state index contributed by atoms with van der Waals surface area (Å²) in [5.41, 5.74) is 7.71. The lowest BCUT2D eigenvalue weighted by Gasteiger charge is -2.27. The van der Waals surface area contributed by atoms with Crippen molar-refractivity contribution in [3.63, 3.8) is 0 Å². The number of rotatable bonds is 4. The molecule has 0 aromatic carbocycles. The molecule has 3 unspecified atom stereocenters. The fourth-order valence-electron chi connectivity index (χ4n) is 2.78. The van der Waals surface area contributed by atoms with Crippen molar-refractivity contribution in [2.24, 2.45) is 11.7 Å². The third-order valence-corrected chi connectivity index (χ3v) is 4.89. The average molecular weight is 226 g/mol. The van der Waals surface area contributed by atoms with Crippen LogP contribution in [0.4, 0.5) is 0 Å². The summed E-state index contributed by atoms with van der Waals surface area (Å²) in [4.78, 5) is 0. The normalized spacial score (nSPS) is 32.3. The zero-order valence-electron chi connectivity index (χ0n) is 9.54. The Morgan fingerprint density at radius 3 is 3.13 bits per heavy atom. The van der Waals surface area contributed by atoms with E-state index in [1.807, 2.05) is 7.05 Å². The molecule has 0 aromatic rings.